The molecule has 4 aliphatic rings. The molecule has 0 unspecified atom stereocenters. The molecule has 0 atom stereocenters. The highest BCUT2D eigenvalue weighted by molar-refractivity contribution is 5.97. The van der Waals surface area contributed by atoms with E-state index in [1.54, 1.807) is 0 Å². The fraction of sp³-hybridized carbons (Fsp3) is 0.0270. The Morgan fingerprint density at radius 3 is 1.08 bits per heavy atom. The second-order valence-electron chi connectivity index (χ2n) is 20.6. The summed E-state index contributed by atoms with van der Waals surface area (Å²) < 4.78 is 13.4. The zero-order chi connectivity index (χ0) is 50.7. The van der Waals surface area contributed by atoms with Gasteiger partial charge in [0.2, 0.25) is 0 Å². The summed E-state index contributed by atoms with van der Waals surface area (Å²) in [5.74, 6) is 3.54. The molecule has 0 fully saturated rings. The Balaban J connectivity index is 0.903. The van der Waals surface area contributed by atoms with Crippen molar-refractivity contribution in [1.29, 1.82) is 0 Å². The Morgan fingerprint density at radius 1 is 0.221 bits per heavy atom. The second-order valence-corrected chi connectivity index (χ2v) is 20.6. The molecule has 3 nitrogen and oxygen atoms in total. The molecule has 2 aliphatic carbocycles. The molecule has 2 heterocycles. The third-order valence-corrected chi connectivity index (χ3v) is 16.8. The molecule has 12 aromatic carbocycles. The summed E-state index contributed by atoms with van der Waals surface area (Å²) in [5.41, 5.74) is 23.5. The summed E-state index contributed by atoms with van der Waals surface area (Å²) >= 11 is 0. The topological polar surface area (TPSA) is 21.7 Å². The quantitative estimate of drug-likeness (QED) is 0.166. The third-order valence-electron chi connectivity index (χ3n) is 16.8. The standard InChI is InChI=1S/C74H47NO2/c1-2-21-48(22-3-1)53-25-6-14-35-67(53)75(52-24-20-23-49(45-52)50-41-43-57-55-27-4-8-29-59(55)73(65(57)46-50)61-31-10-16-37-69(61)76-70-38-17-11-32-62(70)73)68-36-15-7-26-54(68)51-42-44-58-56-28-5-9-30-60(56)74(66(58)47-51)63-33-12-18-39-71(63)77-72-40-19-13-34-64(72)74/h1-47H. The lowest BCUT2D eigenvalue weighted by molar-refractivity contribution is 0.436. The number of fused-ring (bicyclic) bond motifs is 18. The van der Waals surface area contributed by atoms with E-state index in [2.05, 4.69) is 290 Å². The van der Waals surface area contributed by atoms with Gasteiger partial charge in [-0.15, -0.1) is 0 Å². The highest BCUT2D eigenvalue weighted by Gasteiger charge is 2.52. The first-order valence-corrected chi connectivity index (χ1v) is 26.6. The number of hydrogen-bond donors (Lipinski definition) is 0. The van der Waals surface area contributed by atoms with Gasteiger partial charge in [-0.05, 0) is 127 Å². The van der Waals surface area contributed by atoms with Crippen molar-refractivity contribution in [2.75, 3.05) is 4.90 Å². The van der Waals surface area contributed by atoms with Gasteiger partial charge in [-0.3, -0.25) is 0 Å². The first-order chi connectivity index (χ1) is 38.2. The van der Waals surface area contributed by atoms with Gasteiger partial charge in [-0.1, -0.05) is 224 Å². The number of ether oxygens (including phenoxy) is 2. The molecule has 0 radical (unpaired) electrons. The Morgan fingerprint density at radius 2 is 0.571 bits per heavy atom. The van der Waals surface area contributed by atoms with E-state index in [4.69, 9.17) is 9.47 Å². The minimum atomic E-state index is -0.596. The molecule has 2 spiro atoms. The van der Waals surface area contributed by atoms with Gasteiger partial charge in [-0.2, -0.15) is 0 Å². The van der Waals surface area contributed by atoms with Crippen molar-refractivity contribution < 1.29 is 9.47 Å². The van der Waals surface area contributed by atoms with Gasteiger partial charge in [0.25, 0.3) is 0 Å². The monoisotopic (exact) mass is 981 g/mol. The van der Waals surface area contributed by atoms with Crippen molar-refractivity contribution in [3.8, 4) is 78.6 Å². The van der Waals surface area contributed by atoms with Gasteiger partial charge in [0.05, 0.1) is 22.2 Å². The van der Waals surface area contributed by atoms with E-state index in [9.17, 15) is 0 Å². The second kappa shape index (κ2) is 16.8. The summed E-state index contributed by atoms with van der Waals surface area (Å²) in [4.78, 5) is 2.48. The minimum Gasteiger partial charge on any atom is -0.457 e. The summed E-state index contributed by atoms with van der Waals surface area (Å²) in [6, 6.07) is 104. The van der Waals surface area contributed by atoms with Crippen molar-refractivity contribution >= 4 is 17.1 Å². The smallest absolute Gasteiger partial charge is 0.132 e. The number of benzene rings is 12. The number of hydrogen-bond acceptors (Lipinski definition) is 3. The van der Waals surface area contributed by atoms with Crippen LogP contribution in [-0.4, -0.2) is 0 Å². The van der Waals surface area contributed by atoms with Gasteiger partial charge < -0.3 is 14.4 Å². The fourth-order valence-corrected chi connectivity index (χ4v) is 13.7. The Kier molecular flexibility index (Phi) is 9.47. The largest absolute Gasteiger partial charge is 0.457 e. The third kappa shape index (κ3) is 6.14. The number of nitrogens with zero attached hydrogens (tertiary/aromatic N) is 1. The predicted molar refractivity (Wildman–Crippen MR) is 312 cm³/mol. The molecule has 2 aliphatic heterocycles. The van der Waals surface area contributed by atoms with E-state index >= 15 is 0 Å². The van der Waals surface area contributed by atoms with Crippen LogP contribution in [0.4, 0.5) is 17.1 Å². The molecule has 0 N–H and O–H groups in total. The van der Waals surface area contributed by atoms with E-state index in [1.807, 2.05) is 0 Å². The first kappa shape index (κ1) is 43.4. The molecule has 12 aromatic rings. The average molecular weight is 982 g/mol. The SMILES string of the molecule is c1ccc(-c2ccccc2N(c2cccc(-c3ccc4c(c3)C3(c5ccccc5Oc5ccccc53)c3ccccc3-4)c2)c2ccccc2-c2ccc3c(c2)C2(c4ccccc4Oc4ccccc42)c2ccccc2-3)cc1. The van der Waals surface area contributed by atoms with Crippen LogP contribution in [-0.2, 0) is 10.8 Å². The first-order valence-electron chi connectivity index (χ1n) is 26.6. The average Bonchev–Trinajstić information content (AvgIpc) is 4.11. The fourth-order valence-electron chi connectivity index (χ4n) is 13.7. The summed E-state index contributed by atoms with van der Waals surface area (Å²) in [7, 11) is 0. The molecule has 77 heavy (non-hydrogen) atoms. The molecule has 0 saturated heterocycles. The number of rotatable bonds is 6. The van der Waals surface area contributed by atoms with Crippen LogP contribution in [0, 0.1) is 0 Å². The van der Waals surface area contributed by atoms with E-state index in [1.165, 1.54) is 44.5 Å². The molecule has 0 amide bonds. The maximum Gasteiger partial charge on any atom is 0.132 e. The van der Waals surface area contributed by atoms with Gasteiger partial charge in [0.15, 0.2) is 0 Å². The van der Waals surface area contributed by atoms with Crippen molar-refractivity contribution in [3.63, 3.8) is 0 Å². The Bertz CT molecular complexity index is 4290. The van der Waals surface area contributed by atoms with Crippen molar-refractivity contribution in [2.45, 2.75) is 10.8 Å². The van der Waals surface area contributed by atoms with Crippen LogP contribution < -0.4 is 14.4 Å². The summed E-state index contributed by atoms with van der Waals surface area (Å²) in [6.45, 7) is 0. The lowest BCUT2D eigenvalue weighted by atomic mass is 9.66. The van der Waals surface area contributed by atoms with Gasteiger partial charge in [0, 0.05) is 39.1 Å². The van der Waals surface area contributed by atoms with Crippen LogP contribution in [0.3, 0.4) is 0 Å². The van der Waals surface area contributed by atoms with Crippen molar-refractivity contribution in [3.05, 3.63) is 330 Å². The lowest BCUT2D eigenvalue weighted by Gasteiger charge is -2.39. The van der Waals surface area contributed by atoms with Crippen LogP contribution in [0.2, 0.25) is 0 Å². The van der Waals surface area contributed by atoms with Crippen LogP contribution in [0.25, 0.3) is 55.6 Å². The molecule has 0 bridgehead atoms. The molecular formula is C74H47NO2. The number of anilines is 3. The highest BCUT2D eigenvalue weighted by Crippen LogP contribution is 2.64. The van der Waals surface area contributed by atoms with Gasteiger partial charge >= 0.3 is 0 Å². The predicted octanol–water partition coefficient (Wildman–Crippen LogP) is 19.1. The summed E-state index contributed by atoms with van der Waals surface area (Å²) in [5, 5.41) is 0. The zero-order valence-corrected chi connectivity index (χ0v) is 41.9. The van der Waals surface area contributed by atoms with Gasteiger partial charge in [-0.25, -0.2) is 0 Å². The normalized spacial score (nSPS) is 13.9. The number of para-hydroxylation sites is 6. The minimum absolute atomic E-state index is 0.574. The maximum atomic E-state index is 6.73. The van der Waals surface area contributed by atoms with Crippen LogP contribution >= 0.6 is 0 Å². The molecular weight excluding hydrogens is 935 g/mol. The summed E-state index contributed by atoms with van der Waals surface area (Å²) in [6.07, 6.45) is 0. The van der Waals surface area contributed by atoms with Crippen LogP contribution in [0.5, 0.6) is 23.0 Å². The van der Waals surface area contributed by atoms with E-state index in [-0.39, 0.29) is 0 Å². The molecule has 16 rings (SSSR count). The van der Waals surface area contributed by atoms with Gasteiger partial charge in [0.1, 0.15) is 23.0 Å². The molecule has 0 saturated carbocycles. The van der Waals surface area contributed by atoms with Crippen molar-refractivity contribution in [2.24, 2.45) is 0 Å². The lowest BCUT2D eigenvalue weighted by Crippen LogP contribution is -2.32. The zero-order valence-electron chi connectivity index (χ0n) is 41.9. The van der Waals surface area contributed by atoms with E-state index < -0.39 is 10.8 Å². The maximum absolute atomic E-state index is 6.73. The molecule has 0 aromatic heterocycles. The van der Waals surface area contributed by atoms with Crippen LogP contribution in [0.15, 0.2) is 285 Å². The Labute approximate surface area is 448 Å². The Hall–Kier alpha value is -9.96. The van der Waals surface area contributed by atoms with Crippen molar-refractivity contribution in [1.82, 2.24) is 0 Å². The molecule has 3 heteroatoms. The van der Waals surface area contributed by atoms with Crippen LogP contribution in [0.1, 0.15) is 44.5 Å². The van der Waals surface area contributed by atoms with E-state index in [0.29, 0.717) is 0 Å². The van der Waals surface area contributed by atoms with E-state index in [0.717, 1.165) is 95.7 Å². The highest BCUT2D eigenvalue weighted by atomic mass is 16.5. The molecule has 360 valence electrons.